The predicted molar refractivity (Wildman–Crippen MR) is 107 cm³/mol. The fourth-order valence-corrected chi connectivity index (χ4v) is 5.08. The third-order valence-electron chi connectivity index (χ3n) is 4.72. The van der Waals surface area contributed by atoms with Crippen LogP contribution < -0.4 is 10.5 Å². The molecular weight excluding hydrogens is 436 g/mol. The SMILES string of the molecule is Cc1noc(C)c1S(=O)(=O)N1CCN(C(=O)COc2cc(Cl)ccc2C(N)=O)CC1. The van der Waals surface area contributed by atoms with Gasteiger partial charge in [0.05, 0.1) is 5.56 Å². The number of carbonyl (C=O) groups is 2. The maximum atomic E-state index is 12.9. The predicted octanol–water partition coefficient (Wildman–Crippen LogP) is 0.956. The summed E-state index contributed by atoms with van der Waals surface area (Å²) in [4.78, 5) is 25.5. The molecule has 162 valence electrons. The Morgan fingerprint density at radius 1 is 1.23 bits per heavy atom. The lowest BCUT2D eigenvalue weighted by molar-refractivity contribution is -0.134. The molecule has 1 aromatic heterocycles. The molecule has 2 aromatic rings. The van der Waals surface area contributed by atoms with E-state index >= 15 is 0 Å². The average molecular weight is 457 g/mol. The van der Waals surface area contributed by atoms with E-state index in [1.165, 1.54) is 27.4 Å². The van der Waals surface area contributed by atoms with Crippen molar-refractivity contribution in [3.8, 4) is 5.75 Å². The molecule has 12 heteroatoms. The van der Waals surface area contributed by atoms with E-state index < -0.39 is 15.9 Å². The van der Waals surface area contributed by atoms with Gasteiger partial charge >= 0.3 is 0 Å². The summed E-state index contributed by atoms with van der Waals surface area (Å²) in [6.45, 7) is 3.42. The Labute approximate surface area is 178 Å². The molecule has 0 radical (unpaired) electrons. The van der Waals surface area contributed by atoms with E-state index in [1.807, 2.05) is 0 Å². The van der Waals surface area contributed by atoms with Crippen LogP contribution in [0.3, 0.4) is 0 Å². The van der Waals surface area contributed by atoms with Crippen LogP contribution in [0.25, 0.3) is 0 Å². The summed E-state index contributed by atoms with van der Waals surface area (Å²) in [5, 5.41) is 4.03. The fourth-order valence-electron chi connectivity index (χ4n) is 3.20. The number of nitrogens with zero attached hydrogens (tertiary/aromatic N) is 3. The van der Waals surface area contributed by atoms with Crippen LogP contribution in [0.15, 0.2) is 27.6 Å². The van der Waals surface area contributed by atoms with Crippen LogP contribution in [-0.4, -0.2) is 67.4 Å². The minimum atomic E-state index is -3.76. The van der Waals surface area contributed by atoms with E-state index in [0.717, 1.165) is 0 Å². The number of hydrogen-bond acceptors (Lipinski definition) is 7. The highest BCUT2D eigenvalue weighted by Gasteiger charge is 2.34. The fraction of sp³-hybridized carbons (Fsp3) is 0.389. The lowest BCUT2D eigenvalue weighted by atomic mass is 10.2. The van der Waals surface area contributed by atoms with Crippen molar-refractivity contribution in [1.82, 2.24) is 14.4 Å². The number of hydrogen-bond donors (Lipinski definition) is 1. The summed E-state index contributed by atoms with van der Waals surface area (Å²) < 4.78 is 37.4. The Balaban J connectivity index is 1.61. The zero-order valence-electron chi connectivity index (χ0n) is 16.4. The molecule has 1 aliphatic heterocycles. The molecule has 0 bridgehead atoms. The third kappa shape index (κ3) is 4.42. The van der Waals surface area contributed by atoms with Crippen molar-refractivity contribution in [3.63, 3.8) is 0 Å². The second kappa shape index (κ2) is 8.62. The molecule has 0 aliphatic carbocycles. The van der Waals surface area contributed by atoms with Gasteiger partial charge in [-0.25, -0.2) is 8.42 Å². The third-order valence-corrected chi connectivity index (χ3v) is 7.10. The number of piperazine rings is 1. The summed E-state index contributed by atoms with van der Waals surface area (Å²) in [6.07, 6.45) is 0. The minimum Gasteiger partial charge on any atom is -0.483 e. The van der Waals surface area contributed by atoms with Crippen molar-refractivity contribution in [2.45, 2.75) is 18.7 Å². The maximum Gasteiger partial charge on any atom is 0.260 e. The first-order valence-corrected chi connectivity index (χ1v) is 10.9. The van der Waals surface area contributed by atoms with Crippen molar-refractivity contribution in [3.05, 3.63) is 40.2 Å². The lowest BCUT2D eigenvalue weighted by Gasteiger charge is -2.33. The summed E-state index contributed by atoms with van der Waals surface area (Å²) >= 11 is 5.91. The zero-order valence-corrected chi connectivity index (χ0v) is 18.0. The molecule has 0 saturated carbocycles. The van der Waals surface area contributed by atoms with Gasteiger partial charge in [-0.1, -0.05) is 16.8 Å². The van der Waals surface area contributed by atoms with E-state index in [2.05, 4.69) is 5.16 Å². The number of ether oxygens (including phenoxy) is 1. The van der Waals surface area contributed by atoms with Crippen LogP contribution in [0, 0.1) is 13.8 Å². The van der Waals surface area contributed by atoms with Gasteiger partial charge in [0, 0.05) is 31.2 Å². The molecule has 30 heavy (non-hydrogen) atoms. The Bertz CT molecular complexity index is 1060. The highest BCUT2D eigenvalue weighted by atomic mass is 35.5. The number of amides is 2. The summed E-state index contributed by atoms with van der Waals surface area (Å²) in [7, 11) is -3.76. The molecule has 3 rings (SSSR count). The Morgan fingerprint density at radius 3 is 2.47 bits per heavy atom. The lowest BCUT2D eigenvalue weighted by Crippen LogP contribution is -2.51. The number of carbonyl (C=O) groups excluding carboxylic acids is 2. The van der Waals surface area contributed by atoms with Gasteiger partial charge in [-0.15, -0.1) is 0 Å². The summed E-state index contributed by atoms with van der Waals surface area (Å²) in [5.74, 6) is -0.707. The molecule has 1 aliphatic rings. The number of aryl methyl sites for hydroxylation is 2. The van der Waals surface area contributed by atoms with Gasteiger partial charge < -0.3 is 19.9 Å². The highest BCUT2D eigenvalue weighted by Crippen LogP contribution is 2.25. The van der Waals surface area contributed by atoms with E-state index in [1.54, 1.807) is 13.8 Å². The molecule has 2 heterocycles. The van der Waals surface area contributed by atoms with Crippen LogP contribution in [0.1, 0.15) is 21.8 Å². The number of halogens is 1. The number of rotatable bonds is 6. The maximum absolute atomic E-state index is 12.9. The van der Waals surface area contributed by atoms with Crippen molar-refractivity contribution in [2.75, 3.05) is 32.8 Å². The average Bonchev–Trinajstić information content (AvgIpc) is 3.04. The molecule has 0 unspecified atom stereocenters. The first-order chi connectivity index (χ1) is 14.1. The second-order valence-corrected chi connectivity index (χ2v) is 9.04. The molecular formula is C18H21ClN4O6S. The van der Waals surface area contributed by atoms with Crippen LogP contribution in [-0.2, 0) is 14.8 Å². The van der Waals surface area contributed by atoms with Crippen LogP contribution in [0.2, 0.25) is 5.02 Å². The molecule has 1 aromatic carbocycles. The van der Waals surface area contributed by atoms with E-state index in [-0.39, 0.29) is 60.7 Å². The van der Waals surface area contributed by atoms with Gasteiger partial charge in [0.25, 0.3) is 11.8 Å². The minimum absolute atomic E-state index is 0.0607. The smallest absolute Gasteiger partial charge is 0.260 e. The first-order valence-electron chi connectivity index (χ1n) is 9.04. The number of aromatic nitrogens is 1. The van der Waals surface area contributed by atoms with Crippen LogP contribution in [0.4, 0.5) is 0 Å². The van der Waals surface area contributed by atoms with E-state index in [9.17, 15) is 18.0 Å². The largest absolute Gasteiger partial charge is 0.483 e. The quantitative estimate of drug-likeness (QED) is 0.683. The normalized spacial score (nSPS) is 15.2. The number of benzene rings is 1. The number of sulfonamides is 1. The topological polar surface area (TPSA) is 136 Å². The Morgan fingerprint density at radius 2 is 1.90 bits per heavy atom. The number of primary amides is 1. The number of nitrogens with two attached hydrogens (primary N) is 1. The molecule has 0 spiro atoms. The van der Waals surface area contributed by atoms with Gasteiger partial charge in [-0.2, -0.15) is 4.31 Å². The second-order valence-electron chi connectivity index (χ2n) is 6.73. The Hall–Kier alpha value is -2.63. The summed E-state index contributed by atoms with van der Waals surface area (Å²) in [6, 6.07) is 4.32. The van der Waals surface area contributed by atoms with E-state index in [0.29, 0.717) is 10.7 Å². The zero-order chi connectivity index (χ0) is 22.1. The van der Waals surface area contributed by atoms with Gasteiger partial charge in [0.15, 0.2) is 12.4 Å². The van der Waals surface area contributed by atoms with Gasteiger partial charge in [0.2, 0.25) is 10.0 Å². The first kappa shape index (κ1) is 22.1. The van der Waals surface area contributed by atoms with Gasteiger partial charge in [0.1, 0.15) is 16.3 Å². The van der Waals surface area contributed by atoms with Crippen molar-refractivity contribution < 1.29 is 27.3 Å². The molecule has 1 fully saturated rings. The van der Waals surface area contributed by atoms with E-state index in [4.69, 9.17) is 26.6 Å². The standard InChI is InChI=1S/C18H21ClN4O6S/c1-11-17(12(2)29-21-11)30(26,27)23-7-5-22(6-8-23)16(24)10-28-15-9-13(19)3-4-14(15)18(20)25/h3-4,9H,5-8,10H2,1-2H3,(H2,20,25). The van der Waals surface area contributed by atoms with Gasteiger partial charge in [-0.3, -0.25) is 9.59 Å². The van der Waals surface area contributed by atoms with Crippen LogP contribution >= 0.6 is 11.6 Å². The molecule has 1 saturated heterocycles. The van der Waals surface area contributed by atoms with Gasteiger partial charge in [-0.05, 0) is 32.0 Å². The van der Waals surface area contributed by atoms with Crippen LogP contribution in [0.5, 0.6) is 5.75 Å². The molecule has 10 nitrogen and oxygen atoms in total. The van der Waals surface area contributed by atoms with Crippen molar-refractivity contribution >= 4 is 33.4 Å². The van der Waals surface area contributed by atoms with Crippen molar-refractivity contribution in [2.24, 2.45) is 5.73 Å². The monoisotopic (exact) mass is 456 g/mol. The molecule has 0 atom stereocenters. The molecule has 2 N–H and O–H groups in total. The highest BCUT2D eigenvalue weighted by molar-refractivity contribution is 7.89. The Kier molecular flexibility index (Phi) is 6.34. The van der Waals surface area contributed by atoms with Crippen molar-refractivity contribution in [1.29, 1.82) is 0 Å². The molecule has 2 amide bonds. The summed E-state index contributed by atoms with van der Waals surface area (Å²) in [5.41, 5.74) is 5.71.